The number of hydrogen-bond acceptors (Lipinski definition) is 3. The van der Waals surface area contributed by atoms with Gasteiger partial charge in [0.05, 0.1) is 12.2 Å². The fourth-order valence-electron chi connectivity index (χ4n) is 1.78. The van der Waals surface area contributed by atoms with Gasteiger partial charge in [-0.3, -0.25) is 0 Å². The number of halogens is 1. The fourth-order valence-corrected chi connectivity index (χ4v) is 1.78. The zero-order chi connectivity index (χ0) is 14.5. The molecule has 0 bridgehead atoms. The van der Waals surface area contributed by atoms with Crippen molar-refractivity contribution < 1.29 is 18.7 Å². The van der Waals surface area contributed by atoms with Crippen molar-refractivity contribution in [3.63, 3.8) is 0 Å². The number of esters is 1. The van der Waals surface area contributed by atoms with Crippen LogP contribution in [0.3, 0.4) is 0 Å². The second kappa shape index (κ2) is 6.19. The first-order valence-electron chi connectivity index (χ1n) is 6.32. The maximum absolute atomic E-state index is 13.2. The largest absolute Gasteiger partial charge is 0.490 e. The number of benzene rings is 2. The summed E-state index contributed by atoms with van der Waals surface area (Å²) < 4.78 is 23.9. The van der Waals surface area contributed by atoms with Crippen molar-refractivity contribution in [2.75, 3.05) is 6.61 Å². The molecule has 3 nitrogen and oxygen atoms in total. The summed E-state index contributed by atoms with van der Waals surface area (Å²) >= 11 is 0. The van der Waals surface area contributed by atoms with Gasteiger partial charge in [0.1, 0.15) is 5.82 Å². The smallest absolute Gasteiger partial charge is 0.344 e. The minimum absolute atomic E-state index is 0.205. The summed E-state index contributed by atoms with van der Waals surface area (Å²) in [5, 5.41) is 0. The highest BCUT2D eigenvalue weighted by Gasteiger charge is 2.15. The van der Waals surface area contributed by atoms with Crippen molar-refractivity contribution >= 4 is 5.97 Å². The summed E-state index contributed by atoms with van der Waals surface area (Å²) in [6.45, 7) is 4.04. The number of ether oxygens (including phenoxy) is 2. The van der Waals surface area contributed by atoms with E-state index in [2.05, 4.69) is 0 Å². The van der Waals surface area contributed by atoms with E-state index < -0.39 is 11.8 Å². The van der Waals surface area contributed by atoms with Crippen molar-refractivity contribution in [3.8, 4) is 11.5 Å². The van der Waals surface area contributed by atoms with Crippen LogP contribution >= 0.6 is 0 Å². The fraction of sp³-hybridized carbons (Fsp3) is 0.188. The first-order valence-corrected chi connectivity index (χ1v) is 6.32. The van der Waals surface area contributed by atoms with Crippen LogP contribution in [0.15, 0.2) is 42.5 Å². The molecule has 0 aliphatic rings. The lowest BCUT2D eigenvalue weighted by Crippen LogP contribution is -2.11. The van der Waals surface area contributed by atoms with E-state index in [-0.39, 0.29) is 5.56 Å². The monoisotopic (exact) mass is 274 g/mol. The van der Waals surface area contributed by atoms with Gasteiger partial charge in [0, 0.05) is 0 Å². The molecule has 0 aromatic heterocycles. The molecule has 2 aromatic rings. The predicted molar refractivity (Wildman–Crippen MR) is 73.7 cm³/mol. The Hall–Kier alpha value is -2.36. The van der Waals surface area contributed by atoms with Crippen molar-refractivity contribution in [1.29, 1.82) is 0 Å². The third-order valence-electron chi connectivity index (χ3n) is 2.77. The molecule has 104 valence electrons. The zero-order valence-corrected chi connectivity index (χ0v) is 11.4. The lowest BCUT2D eigenvalue weighted by molar-refractivity contribution is 0.0727. The standard InChI is InChI=1S/C16H15FO3/c1-3-19-14-6-4-5-7-15(14)20-16(18)13-10-12(17)9-8-11(13)2/h4-10H,3H2,1-2H3. The molecule has 0 fully saturated rings. The third-order valence-corrected chi connectivity index (χ3v) is 2.77. The number of hydrogen-bond donors (Lipinski definition) is 0. The SMILES string of the molecule is CCOc1ccccc1OC(=O)c1cc(F)ccc1C. The van der Waals surface area contributed by atoms with Gasteiger partial charge in [-0.2, -0.15) is 0 Å². The molecule has 0 N–H and O–H groups in total. The maximum Gasteiger partial charge on any atom is 0.344 e. The van der Waals surface area contributed by atoms with E-state index in [4.69, 9.17) is 9.47 Å². The highest BCUT2D eigenvalue weighted by molar-refractivity contribution is 5.92. The van der Waals surface area contributed by atoms with Gasteiger partial charge in [-0.1, -0.05) is 18.2 Å². The van der Waals surface area contributed by atoms with Crippen molar-refractivity contribution in [3.05, 3.63) is 59.4 Å². The summed E-state index contributed by atoms with van der Waals surface area (Å²) in [4.78, 5) is 12.1. The Kier molecular flexibility index (Phi) is 4.35. The highest BCUT2D eigenvalue weighted by atomic mass is 19.1. The summed E-state index contributed by atoms with van der Waals surface area (Å²) in [6, 6.07) is 10.9. The Morgan fingerprint density at radius 3 is 2.55 bits per heavy atom. The van der Waals surface area contributed by atoms with Gasteiger partial charge in [-0.25, -0.2) is 9.18 Å². The topological polar surface area (TPSA) is 35.5 Å². The maximum atomic E-state index is 13.2. The van der Waals surface area contributed by atoms with Gasteiger partial charge >= 0.3 is 5.97 Å². The minimum Gasteiger partial charge on any atom is -0.490 e. The molecule has 0 saturated heterocycles. The number of aryl methyl sites for hydroxylation is 1. The second-order valence-corrected chi connectivity index (χ2v) is 4.23. The van der Waals surface area contributed by atoms with Gasteiger partial charge in [0.2, 0.25) is 0 Å². The summed E-state index contributed by atoms with van der Waals surface area (Å²) in [5.41, 5.74) is 0.863. The molecule has 0 amide bonds. The number of carbonyl (C=O) groups is 1. The van der Waals surface area contributed by atoms with Crippen LogP contribution in [0.25, 0.3) is 0 Å². The van der Waals surface area contributed by atoms with Crippen molar-refractivity contribution in [1.82, 2.24) is 0 Å². The van der Waals surface area contributed by atoms with E-state index in [9.17, 15) is 9.18 Å². The molecule has 2 aromatic carbocycles. The Balaban J connectivity index is 2.26. The minimum atomic E-state index is -0.603. The van der Waals surface area contributed by atoms with E-state index in [1.807, 2.05) is 6.92 Å². The average Bonchev–Trinajstić information content (AvgIpc) is 2.44. The number of rotatable bonds is 4. The Morgan fingerprint density at radius 1 is 1.15 bits per heavy atom. The molecular formula is C16H15FO3. The lowest BCUT2D eigenvalue weighted by atomic mass is 10.1. The first kappa shape index (κ1) is 14.1. The summed E-state index contributed by atoms with van der Waals surface area (Å²) in [5.74, 6) is -0.268. The van der Waals surface area contributed by atoms with Gasteiger partial charge in [-0.05, 0) is 43.7 Å². The van der Waals surface area contributed by atoms with Crippen LogP contribution in [0.2, 0.25) is 0 Å². The number of carbonyl (C=O) groups excluding carboxylic acids is 1. The quantitative estimate of drug-likeness (QED) is 0.629. The van der Waals surface area contributed by atoms with Gasteiger partial charge in [-0.15, -0.1) is 0 Å². The van der Waals surface area contributed by atoms with E-state index in [0.717, 1.165) is 0 Å². The van der Waals surface area contributed by atoms with E-state index in [1.165, 1.54) is 12.1 Å². The molecule has 0 radical (unpaired) electrons. The molecule has 0 heterocycles. The van der Waals surface area contributed by atoms with Crippen LogP contribution in [-0.4, -0.2) is 12.6 Å². The predicted octanol–water partition coefficient (Wildman–Crippen LogP) is 3.75. The van der Waals surface area contributed by atoms with Crippen LogP contribution < -0.4 is 9.47 Å². The van der Waals surface area contributed by atoms with Crippen molar-refractivity contribution in [2.24, 2.45) is 0 Å². The molecule has 2 rings (SSSR count). The van der Waals surface area contributed by atoms with E-state index in [0.29, 0.717) is 23.7 Å². The molecule has 0 unspecified atom stereocenters. The van der Waals surface area contributed by atoms with Crippen molar-refractivity contribution in [2.45, 2.75) is 13.8 Å². The first-order chi connectivity index (χ1) is 9.61. The van der Waals surface area contributed by atoms with Crippen LogP contribution in [-0.2, 0) is 0 Å². The molecule has 0 spiro atoms. The number of para-hydroxylation sites is 2. The van der Waals surface area contributed by atoms with Crippen LogP contribution in [0.4, 0.5) is 4.39 Å². The molecule has 4 heteroatoms. The molecule has 0 aliphatic carbocycles. The van der Waals surface area contributed by atoms with Crippen LogP contribution in [0, 0.1) is 12.7 Å². The van der Waals surface area contributed by atoms with E-state index >= 15 is 0 Å². The van der Waals surface area contributed by atoms with Crippen LogP contribution in [0.1, 0.15) is 22.8 Å². The zero-order valence-electron chi connectivity index (χ0n) is 11.4. The lowest BCUT2D eigenvalue weighted by Gasteiger charge is -2.11. The summed E-state index contributed by atoms with van der Waals surface area (Å²) in [6.07, 6.45) is 0. The molecule has 0 saturated carbocycles. The average molecular weight is 274 g/mol. The molecule has 0 atom stereocenters. The Bertz CT molecular complexity index is 623. The normalized spacial score (nSPS) is 10.2. The van der Waals surface area contributed by atoms with Crippen LogP contribution in [0.5, 0.6) is 11.5 Å². The molecule has 20 heavy (non-hydrogen) atoms. The Morgan fingerprint density at radius 2 is 1.85 bits per heavy atom. The summed E-state index contributed by atoms with van der Waals surface area (Å²) in [7, 11) is 0. The van der Waals surface area contributed by atoms with Gasteiger partial charge in [0.15, 0.2) is 11.5 Å². The third kappa shape index (κ3) is 3.15. The van der Waals surface area contributed by atoms with E-state index in [1.54, 1.807) is 37.3 Å². The van der Waals surface area contributed by atoms with Gasteiger partial charge < -0.3 is 9.47 Å². The second-order valence-electron chi connectivity index (χ2n) is 4.23. The van der Waals surface area contributed by atoms with Gasteiger partial charge in [0.25, 0.3) is 0 Å². The molecule has 0 aliphatic heterocycles. The molecular weight excluding hydrogens is 259 g/mol. The highest BCUT2D eigenvalue weighted by Crippen LogP contribution is 2.27. The Labute approximate surface area is 117 Å².